The molecule has 1 aromatic carbocycles. The van der Waals surface area contributed by atoms with Gasteiger partial charge in [0.05, 0.1) is 5.71 Å². The van der Waals surface area contributed by atoms with Gasteiger partial charge >= 0.3 is 0 Å². The third kappa shape index (κ3) is 4.01. The molecule has 0 saturated carbocycles. The SMILES string of the molecule is C/C(=N/Nc1nc(C)cc(=O)[nH]1)c1ccc(N2CCCCC2)cc1. The van der Waals surface area contributed by atoms with E-state index in [0.717, 1.165) is 24.4 Å². The molecule has 2 N–H and O–H groups in total. The van der Waals surface area contributed by atoms with Gasteiger partial charge in [0.15, 0.2) is 0 Å². The molecule has 126 valence electrons. The Labute approximate surface area is 141 Å². The summed E-state index contributed by atoms with van der Waals surface area (Å²) < 4.78 is 0. The van der Waals surface area contributed by atoms with E-state index in [1.807, 2.05) is 6.92 Å². The number of benzene rings is 1. The van der Waals surface area contributed by atoms with Crippen molar-refractivity contribution in [2.45, 2.75) is 33.1 Å². The van der Waals surface area contributed by atoms with Crippen LogP contribution in [0.15, 0.2) is 40.2 Å². The molecular weight excluding hydrogens is 302 g/mol. The van der Waals surface area contributed by atoms with Crippen LogP contribution in [0.25, 0.3) is 0 Å². The number of H-pyrrole nitrogens is 1. The Morgan fingerprint density at radius 2 is 1.92 bits per heavy atom. The van der Waals surface area contributed by atoms with E-state index < -0.39 is 0 Å². The molecule has 1 fully saturated rings. The van der Waals surface area contributed by atoms with Crippen molar-refractivity contribution in [2.75, 3.05) is 23.4 Å². The number of piperidine rings is 1. The van der Waals surface area contributed by atoms with Crippen LogP contribution in [0, 0.1) is 6.92 Å². The first-order chi connectivity index (χ1) is 11.6. The van der Waals surface area contributed by atoms with Gasteiger partial charge in [0.1, 0.15) is 0 Å². The molecule has 3 rings (SSSR count). The maximum Gasteiger partial charge on any atom is 0.252 e. The average Bonchev–Trinajstić information content (AvgIpc) is 2.60. The first kappa shape index (κ1) is 16.2. The zero-order valence-electron chi connectivity index (χ0n) is 14.2. The number of hydrogen-bond acceptors (Lipinski definition) is 5. The molecule has 24 heavy (non-hydrogen) atoms. The number of aryl methyl sites for hydroxylation is 1. The monoisotopic (exact) mass is 325 g/mol. The molecule has 0 unspecified atom stereocenters. The van der Waals surface area contributed by atoms with Gasteiger partial charge in [0, 0.05) is 30.5 Å². The maximum atomic E-state index is 11.4. The molecule has 0 aliphatic carbocycles. The Bertz CT molecular complexity index is 773. The molecule has 1 aromatic heterocycles. The van der Waals surface area contributed by atoms with Crippen LogP contribution in [-0.2, 0) is 0 Å². The fraction of sp³-hybridized carbons (Fsp3) is 0.389. The first-order valence-electron chi connectivity index (χ1n) is 8.35. The minimum absolute atomic E-state index is 0.191. The molecule has 6 nitrogen and oxygen atoms in total. The number of aromatic amines is 1. The van der Waals surface area contributed by atoms with Gasteiger partial charge in [-0.3, -0.25) is 9.78 Å². The number of aromatic nitrogens is 2. The second-order valence-corrected chi connectivity index (χ2v) is 6.14. The number of nitrogens with zero attached hydrogens (tertiary/aromatic N) is 3. The zero-order valence-corrected chi connectivity index (χ0v) is 14.2. The van der Waals surface area contributed by atoms with E-state index in [1.165, 1.54) is 31.0 Å². The van der Waals surface area contributed by atoms with Crippen LogP contribution in [0.3, 0.4) is 0 Å². The van der Waals surface area contributed by atoms with Crippen molar-refractivity contribution in [3.8, 4) is 0 Å². The third-order valence-corrected chi connectivity index (χ3v) is 4.21. The topological polar surface area (TPSA) is 73.4 Å². The van der Waals surface area contributed by atoms with E-state index in [1.54, 1.807) is 6.92 Å². The van der Waals surface area contributed by atoms with Gasteiger partial charge in [-0.15, -0.1) is 0 Å². The zero-order chi connectivity index (χ0) is 16.9. The Morgan fingerprint density at radius 3 is 2.58 bits per heavy atom. The number of anilines is 2. The van der Waals surface area contributed by atoms with Crippen LogP contribution in [0.5, 0.6) is 0 Å². The molecule has 1 aliphatic heterocycles. The summed E-state index contributed by atoms with van der Waals surface area (Å²) in [6.07, 6.45) is 3.88. The van der Waals surface area contributed by atoms with Crippen molar-refractivity contribution < 1.29 is 0 Å². The normalized spacial score (nSPS) is 15.4. The van der Waals surface area contributed by atoms with Crippen molar-refractivity contribution in [3.05, 3.63) is 51.9 Å². The summed E-state index contributed by atoms with van der Waals surface area (Å²) in [4.78, 5) is 20.7. The van der Waals surface area contributed by atoms with Gasteiger partial charge in [0.2, 0.25) is 5.95 Å². The Hall–Kier alpha value is -2.63. The van der Waals surface area contributed by atoms with Gasteiger partial charge in [-0.1, -0.05) is 12.1 Å². The van der Waals surface area contributed by atoms with E-state index in [-0.39, 0.29) is 5.56 Å². The lowest BCUT2D eigenvalue weighted by atomic mass is 10.1. The van der Waals surface area contributed by atoms with Crippen LogP contribution in [-0.4, -0.2) is 28.8 Å². The standard InChI is InChI=1S/C18H23N5O/c1-13-12-17(24)20-18(19-13)22-21-14(2)15-6-8-16(9-7-15)23-10-4-3-5-11-23/h6-9,12H,3-5,10-11H2,1-2H3,(H2,19,20,22,24)/b21-14-. The lowest BCUT2D eigenvalue weighted by Crippen LogP contribution is -2.29. The molecule has 2 aromatic rings. The van der Waals surface area contributed by atoms with Gasteiger partial charge in [0.25, 0.3) is 5.56 Å². The number of hydrazone groups is 1. The summed E-state index contributed by atoms with van der Waals surface area (Å²) in [6.45, 7) is 5.98. The highest BCUT2D eigenvalue weighted by molar-refractivity contribution is 5.99. The molecule has 1 aliphatic rings. The second kappa shape index (κ2) is 7.29. The Balaban J connectivity index is 1.69. The van der Waals surface area contributed by atoms with E-state index in [0.29, 0.717) is 11.6 Å². The number of hydrogen-bond donors (Lipinski definition) is 2. The van der Waals surface area contributed by atoms with Gasteiger partial charge in [-0.2, -0.15) is 5.10 Å². The lowest BCUT2D eigenvalue weighted by molar-refractivity contribution is 0.578. The molecule has 0 radical (unpaired) electrons. The fourth-order valence-corrected chi connectivity index (χ4v) is 2.90. The molecule has 0 amide bonds. The van der Waals surface area contributed by atoms with Crippen LogP contribution in [0.4, 0.5) is 11.6 Å². The third-order valence-electron chi connectivity index (χ3n) is 4.21. The summed E-state index contributed by atoms with van der Waals surface area (Å²) in [5.74, 6) is 0.351. The maximum absolute atomic E-state index is 11.4. The van der Waals surface area contributed by atoms with Crippen LogP contribution in [0.1, 0.15) is 37.4 Å². The predicted octanol–water partition coefficient (Wildman–Crippen LogP) is 2.90. The van der Waals surface area contributed by atoms with Crippen molar-refractivity contribution in [1.82, 2.24) is 9.97 Å². The van der Waals surface area contributed by atoms with Crippen LogP contribution < -0.4 is 15.9 Å². The smallest absolute Gasteiger partial charge is 0.252 e. The van der Waals surface area contributed by atoms with Crippen molar-refractivity contribution in [1.29, 1.82) is 0 Å². The lowest BCUT2D eigenvalue weighted by Gasteiger charge is -2.28. The van der Waals surface area contributed by atoms with Crippen molar-refractivity contribution >= 4 is 17.3 Å². The highest BCUT2D eigenvalue weighted by atomic mass is 16.1. The molecule has 2 heterocycles. The van der Waals surface area contributed by atoms with E-state index in [4.69, 9.17) is 0 Å². The van der Waals surface area contributed by atoms with Crippen molar-refractivity contribution in [2.24, 2.45) is 5.10 Å². The quantitative estimate of drug-likeness (QED) is 0.669. The average molecular weight is 325 g/mol. The summed E-state index contributed by atoms with van der Waals surface area (Å²) in [5.41, 5.74) is 6.42. The second-order valence-electron chi connectivity index (χ2n) is 6.14. The van der Waals surface area contributed by atoms with Gasteiger partial charge in [-0.25, -0.2) is 10.4 Å². The summed E-state index contributed by atoms with van der Waals surface area (Å²) >= 11 is 0. The number of rotatable bonds is 4. The predicted molar refractivity (Wildman–Crippen MR) is 97.9 cm³/mol. The summed E-state index contributed by atoms with van der Waals surface area (Å²) in [5, 5.41) is 4.31. The highest BCUT2D eigenvalue weighted by Crippen LogP contribution is 2.20. The van der Waals surface area contributed by atoms with Crippen LogP contribution in [0.2, 0.25) is 0 Å². The van der Waals surface area contributed by atoms with E-state index in [9.17, 15) is 4.79 Å². The largest absolute Gasteiger partial charge is 0.372 e. The Kier molecular flexibility index (Phi) is 4.93. The minimum Gasteiger partial charge on any atom is -0.372 e. The minimum atomic E-state index is -0.191. The van der Waals surface area contributed by atoms with Crippen molar-refractivity contribution in [3.63, 3.8) is 0 Å². The molecule has 1 saturated heterocycles. The van der Waals surface area contributed by atoms with E-state index >= 15 is 0 Å². The van der Waals surface area contributed by atoms with Gasteiger partial charge < -0.3 is 4.90 Å². The first-order valence-corrected chi connectivity index (χ1v) is 8.35. The Morgan fingerprint density at radius 1 is 1.21 bits per heavy atom. The number of nitrogens with one attached hydrogen (secondary N) is 2. The van der Waals surface area contributed by atoms with E-state index in [2.05, 4.69) is 49.7 Å². The molecule has 0 bridgehead atoms. The molecule has 0 atom stereocenters. The highest BCUT2D eigenvalue weighted by Gasteiger charge is 2.10. The van der Waals surface area contributed by atoms with Gasteiger partial charge in [-0.05, 0) is 50.8 Å². The fourth-order valence-electron chi connectivity index (χ4n) is 2.90. The summed E-state index contributed by atoms with van der Waals surface area (Å²) in [7, 11) is 0. The molecule has 6 heteroatoms. The molecular formula is C18H23N5O. The molecule has 0 spiro atoms. The van der Waals surface area contributed by atoms with Crippen LogP contribution >= 0.6 is 0 Å². The summed E-state index contributed by atoms with van der Waals surface area (Å²) in [6, 6.07) is 9.90.